The predicted molar refractivity (Wildman–Crippen MR) is 108 cm³/mol. The average molecular weight is 402 g/mol. The van der Waals surface area contributed by atoms with Crippen molar-refractivity contribution in [3.8, 4) is 0 Å². The van der Waals surface area contributed by atoms with Gasteiger partial charge in [0.1, 0.15) is 0 Å². The first kappa shape index (κ1) is 19.8. The van der Waals surface area contributed by atoms with Crippen LogP contribution in [0.2, 0.25) is 0 Å². The highest BCUT2D eigenvalue weighted by Gasteiger charge is 2.26. The molecule has 8 nitrogen and oxygen atoms in total. The van der Waals surface area contributed by atoms with Crippen LogP contribution in [0.25, 0.3) is 11.0 Å². The van der Waals surface area contributed by atoms with E-state index in [2.05, 4.69) is 15.3 Å². The van der Waals surface area contributed by atoms with Crippen LogP contribution >= 0.6 is 0 Å². The van der Waals surface area contributed by atoms with Crippen molar-refractivity contribution < 1.29 is 13.2 Å². The van der Waals surface area contributed by atoms with E-state index in [1.54, 1.807) is 12.1 Å². The molecule has 0 saturated carbocycles. The zero-order valence-corrected chi connectivity index (χ0v) is 16.5. The lowest BCUT2D eigenvalue weighted by molar-refractivity contribution is -0.116. The highest BCUT2D eigenvalue weighted by atomic mass is 32.2. The first-order valence-electron chi connectivity index (χ1n) is 8.89. The monoisotopic (exact) mass is 402 g/mol. The van der Waals surface area contributed by atoms with Gasteiger partial charge in [-0.05, 0) is 43.2 Å². The van der Waals surface area contributed by atoms with E-state index >= 15 is 0 Å². The first-order valence-corrected chi connectivity index (χ1v) is 10.3. The summed E-state index contributed by atoms with van der Waals surface area (Å²) in [5.41, 5.74) is 2.04. The maximum Gasteiger partial charge on any atom is 0.323 e. The molecule has 3 rings (SSSR count). The second-order valence-corrected chi connectivity index (χ2v) is 8.43. The summed E-state index contributed by atoms with van der Waals surface area (Å²) in [5, 5.41) is 2.76. The Kier molecular flexibility index (Phi) is 5.66. The number of aromatic nitrogens is 2. The quantitative estimate of drug-likeness (QED) is 0.562. The van der Waals surface area contributed by atoms with Gasteiger partial charge in [0.05, 0.1) is 22.5 Å². The number of carbonyl (C=O) groups excluding carboxylic acids is 1. The topological polar surface area (TPSA) is 115 Å². The van der Waals surface area contributed by atoms with Crippen LogP contribution in [0, 0.1) is 6.92 Å². The maximum atomic E-state index is 13.1. The zero-order chi connectivity index (χ0) is 20.3. The molecule has 0 fully saturated rings. The number of nitrogens with one attached hydrogen (secondary N) is 3. The molecule has 0 radical (unpaired) electrons. The summed E-state index contributed by atoms with van der Waals surface area (Å²) >= 11 is 0. The Bertz CT molecular complexity index is 1160. The molecule has 0 aliphatic rings. The molecule has 9 heteroatoms. The first-order chi connectivity index (χ1) is 13.3. The van der Waals surface area contributed by atoms with Crippen molar-refractivity contribution in [2.75, 3.05) is 18.4 Å². The Morgan fingerprint density at radius 3 is 2.54 bits per heavy atom. The fraction of sp³-hybridized carbons (Fsp3) is 0.263. The number of carbonyl (C=O) groups is 1. The van der Waals surface area contributed by atoms with Crippen molar-refractivity contribution in [1.82, 2.24) is 14.3 Å². The zero-order valence-electron chi connectivity index (χ0n) is 15.7. The molecule has 0 atom stereocenters. The molecular weight excluding hydrogens is 380 g/mol. The summed E-state index contributed by atoms with van der Waals surface area (Å²) in [6.07, 6.45) is 0.556. The van der Waals surface area contributed by atoms with Gasteiger partial charge in [-0.2, -0.15) is 4.31 Å². The fourth-order valence-electron chi connectivity index (χ4n) is 2.92. The van der Waals surface area contributed by atoms with Crippen LogP contribution in [0.5, 0.6) is 0 Å². The Morgan fingerprint density at radius 2 is 1.82 bits per heavy atom. The molecule has 28 heavy (non-hydrogen) atoms. The molecule has 1 heterocycles. The van der Waals surface area contributed by atoms with Gasteiger partial charge in [-0.15, -0.1) is 0 Å². The van der Waals surface area contributed by atoms with Crippen molar-refractivity contribution in [3.63, 3.8) is 0 Å². The number of imidazole rings is 1. The van der Waals surface area contributed by atoms with Gasteiger partial charge in [-0.1, -0.05) is 25.1 Å². The number of para-hydroxylation sites is 1. The fourth-order valence-corrected chi connectivity index (χ4v) is 4.43. The molecule has 3 N–H and O–H groups in total. The van der Waals surface area contributed by atoms with Gasteiger partial charge in [0.2, 0.25) is 15.9 Å². The molecule has 0 aliphatic carbocycles. The van der Waals surface area contributed by atoms with E-state index in [4.69, 9.17) is 0 Å². The van der Waals surface area contributed by atoms with Crippen LogP contribution in [0.3, 0.4) is 0 Å². The van der Waals surface area contributed by atoms with Crippen molar-refractivity contribution >= 4 is 32.7 Å². The highest BCUT2D eigenvalue weighted by Crippen LogP contribution is 2.20. The lowest BCUT2D eigenvalue weighted by atomic mass is 10.2. The third kappa shape index (κ3) is 4.15. The van der Waals surface area contributed by atoms with Crippen molar-refractivity contribution in [2.24, 2.45) is 0 Å². The molecule has 0 aliphatic heterocycles. The van der Waals surface area contributed by atoms with E-state index in [1.165, 1.54) is 18.2 Å². The van der Waals surface area contributed by atoms with Crippen LogP contribution in [-0.2, 0) is 14.8 Å². The summed E-state index contributed by atoms with van der Waals surface area (Å²) in [4.78, 5) is 29.0. The van der Waals surface area contributed by atoms with Gasteiger partial charge < -0.3 is 15.3 Å². The van der Waals surface area contributed by atoms with Crippen LogP contribution in [-0.4, -0.2) is 41.7 Å². The van der Waals surface area contributed by atoms with Gasteiger partial charge in [-0.3, -0.25) is 4.79 Å². The molecular formula is C19H22N4O4S. The minimum Gasteiger partial charge on any atom is -0.325 e. The predicted octanol–water partition coefficient (Wildman–Crippen LogP) is 2.20. The summed E-state index contributed by atoms with van der Waals surface area (Å²) in [6.45, 7) is 3.61. The number of anilines is 1. The Labute approximate surface area is 162 Å². The number of nitrogens with zero attached hydrogens (tertiary/aromatic N) is 1. The number of aromatic amines is 2. The van der Waals surface area contributed by atoms with E-state index in [9.17, 15) is 18.0 Å². The lowest BCUT2D eigenvalue weighted by Gasteiger charge is -2.21. The summed E-state index contributed by atoms with van der Waals surface area (Å²) in [5.74, 6) is -0.414. The Balaban J connectivity index is 1.85. The van der Waals surface area contributed by atoms with E-state index in [-0.39, 0.29) is 18.0 Å². The Hall–Kier alpha value is -2.91. The number of hydrogen-bond donors (Lipinski definition) is 3. The molecule has 0 saturated heterocycles. The number of fused-ring (bicyclic) bond motifs is 1. The van der Waals surface area contributed by atoms with Crippen molar-refractivity contribution in [1.29, 1.82) is 0 Å². The van der Waals surface area contributed by atoms with Crippen LogP contribution in [0.1, 0.15) is 18.9 Å². The van der Waals surface area contributed by atoms with E-state index in [0.29, 0.717) is 23.1 Å². The minimum atomic E-state index is -3.91. The standard InChI is InChI=1S/C19H22N4O4S/c1-3-10-23(12-18(24)20-15-7-5-4-6-13(15)2)28(26,27)14-8-9-16-17(11-14)22-19(25)21-16/h4-9,11H,3,10,12H2,1-2H3,(H,20,24)(H2,21,22,25). The molecule has 1 aromatic heterocycles. The number of aryl methyl sites for hydroxylation is 1. The molecule has 0 unspecified atom stereocenters. The van der Waals surface area contributed by atoms with Gasteiger partial charge in [0.25, 0.3) is 0 Å². The molecule has 2 aromatic carbocycles. The average Bonchev–Trinajstić information content (AvgIpc) is 3.02. The third-order valence-corrected chi connectivity index (χ3v) is 6.18. The van der Waals surface area contributed by atoms with E-state index in [1.807, 2.05) is 26.0 Å². The largest absolute Gasteiger partial charge is 0.325 e. The van der Waals surface area contributed by atoms with Crippen molar-refractivity contribution in [3.05, 3.63) is 58.5 Å². The van der Waals surface area contributed by atoms with Gasteiger partial charge in [0.15, 0.2) is 0 Å². The smallest absolute Gasteiger partial charge is 0.323 e. The molecule has 0 bridgehead atoms. The molecule has 0 spiro atoms. The van der Waals surface area contributed by atoms with Gasteiger partial charge in [-0.25, -0.2) is 13.2 Å². The van der Waals surface area contributed by atoms with Gasteiger partial charge in [0, 0.05) is 12.2 Å². The highest BCUT2D eigenvalue weighted by molar-refractivity contribution is 7.89. The lowest BCUT2D eigenvalue weighted by Crippen LogP contribution is -2.38. The third-order valence-electron chi connectivity index (χ3n) is 4.34. The number of H-pyrrole nitrogens is 2. The van der Waals surface area contributed by atoms with Crippen LogP contribution in [0.4, 0.5) is 5.69 Å². The maximum absolute atomic E-state index is 13.1. The number of benzene rings is 2. The second-order valence-electron chi connectivity index (χ2n) is 6.49. The number of amides is 1. The summed E-state index contributed by atoms with van der Waals surface area (Å²) in [6, 6.07) is 11.6. The second kappa shape index (κ2) is 7.99. The SMILES string of the molecule is CCCN(CC(=O)Nc1ccccc1C)S(=O)(=O)c1ccc2[nH]c(=O)[nH]c2c1. The van der Waals surface area contributed by atoms with Crippen LogP contribution < -0.4 is 11.0 Å². The summed E-state index contributed by atoms with van der Waals surface area (Å²) in [7, 11) is -3.91. The molecule has 148 valence electrons. The molecule has 3 aromatic rings. The molecule has 1 amide bonds. The number of sulfonamides is 1. The normalized spacial score (nSPS) is 11.8. The van der Waals surface area contributed by atoms with Crippen molar-refractivity contribution in [2.45, 2.75) is 25.2 Å². The Morgan fingerprint density at radius 1 is 1.11 bits per heavy atom. The van der Waals surface area contributed by atoms with Gasteiger partial charge >= 0.3 is 5.69 Å². The van der Waals surface area contributed by atoms with E-state index in [0.717, 1.165) is 9.87 Å². The number of hydrogen-bond acceptors (Lipinski definition) is 4. The van der Waals surface area contributed by atoms with E-state index < -0.39 is 21.6 Å². The minimum absolute atomic E-state index is 0.0207. The summed E-state index contributed by atoms with van der Waals surface area (Å²) < 4.78 is 27.3. The van der Waals surface area contributed by atoms with Crippen LogP contribution in [0.15, 0.2) is 52.2 Å². The number of rotatable bonds is 7.